The molecule has 1 saturated heterocycles. The quantitative estimate of drug-likeness (QED) is 0.868. The number of rotatable bonds is 3. The highest BCUT2D eigenvalue weighted by atomic mass is 35.5. The van der Waals surface area contributed by atoms with Crippen LogP contribution >= 0.6 is 11.6 Å². The third-order valence-electron chi connectivity index (χ3n) is 2.72. The highest BCUT2D eigenvalue weighted by Gasteiger charge is 2.17. The highest BCUT2D eigenvalue weighted by Crippen LogP contribution is 2.21. The van der Waals surface area contributed by atoms with Crippen molar-refractivity contribution in [3.8, 4) is 5.75 Å². The molecule has 1 aromatic rings. The summed E-state index contributed by atoms with van der Waals surface area (Å²) in [5, 5.41) is 12.7. The number of halogens is 1. The molecule has 0 aliphatic carbocycles. The molecule has 0 spiro atoms. The number of aromatic hydroxyl groups is 1. The van der Waals surface area contributed by atoms with Gasteiger partial charge in [-0.3, -0.25) is 4.79 Å². The summed E-state index contributed by atoms with van der Waals surface area (Å²) in [5.41, 5.74) is 0.229. The molecule has 0 saturated carbocycles. The van der Waals surface area contributed by atoms with Crippen molar-refractivity contribution in [3.63, 3.8) is 0 Å². The molecule has 17 heavy (non-hydrogen) atoms. The number of nitrogens with one attached hydrogen (secondary N) is 1. The van der Waals surface area contributed by atoms with E-state index in [0.29, 0.717) is 11.6 Å². The molecule has 1 aliphatic rings. The molecule has 1 unspecified atom stereocenters. The molecular formula is C12H14ClNO3. The Labute approximate surface area is 105 Å². The van der Waals surface area contributed by atoms with E-state index in [1.165, 1.54) is 12.1 Å². The van der Waals surface area contributed by atoms with E-state index in [4.69, 9.17) is 16.3 Å². The average Bonchev–Trinajstić information content (AvgIpc) is 2.78. The molecule has 2 N–H and O–H groups in total. The lowest BCUT2D eigenvalue weighted by atomic mass is 10.2. The summed E-state index contributed by atoms with van der Waals surface area (Å²) in [5.74, 6) is -0.419. The van der Waals surface area contributed by atoms with Gasteiger partial charge in [0, 0.05) is 18.2 Å². The van der Waals surface area contributed by atoms with Gasteiger partial charge in [0.2, 0.25) is 0 Å². The Kier molecular flexibility index (Phi) is 3.86. The largest absolute Gasteiger partial charge is 0.507 e. The second-order valence-electron chi connectivity index (χ2n) is 4.01. The van der Waals surface area contributed by atoms with Gasteiger partial charge in [-0.1, -0.05) is 11.6 Å². The minimum Gasteiger partial charge on any atom is -0.507 e. The van der Waals surface area contributed by atoms with Gasteiger partial charge in [0.05, 0.1) is 11.7 Å². The van der Waals surface area contributed by atoms with Crippen molar-refractivity contribution in [3.05, 3.63) is 28.8 Å². The molecule has 1 heterocycles. The van der Waals surface area contributed by atoms with Crippen LogP contribution in [0.1, 0.15) is 23.2 Å². The van der Waals surface area contributed by atoms with Gasteiger partial charge in [0.25, 0.3) is 5.91 Å². The third-order valence-corrected chi connectivity index (χ3v) is 2.95. The minimum absolute atomic E-state index is 0.0911. The smallest absolute Gasteiger partial charge is 0.255 e. The Morgan fingerprint density at radius 2 is 2.41 bits per heavy atom. The first kappa shape index (κ1) is 12.2. The van der Waals surface area contributed by atoms with Crippen LogP contribution in [0.2, 0.25) is 5.02 Å². The number of carbonyl (C=O) groups excluding carboxylic acids is 1. The van der Waals surface area contributed by atoms with Crippen LogP contribution in [-0.2, 0) is 4.74 Å². The standard InChI is InChI=1S/C12H14ClNO3/c13-8-3-4-10(11(15)6-8)12(16)14-7-9-2-1-5-17-9/h3-4,6,9,15H,1-2,5,7H2,(H,14,16). The molecule has 1 fully saturated rings. The van der Waals surface area contributed by atoms with Crippen LogP contribution in [0.5, 0.6) is 5.75 Å². The van der Waals surface area contributed by atoms with E-state index in [0.717, 1.165) is 19.4 Å². The van der Waals surface area contributed by atoms with Crippen LogP contribution in [0.4, 0.5) is 0 Å². The fourth-order valence-electron chi connectivity index (χ4n) is 1.80. The van der Waals surface area contributed by atoms with Gasteiger partial charge < -0.3 is 15.2 Å². The molecule has 2 rings (SSSR count). The van der Waals surface area contributed by atoms with Gasteiger partial charge in [-0.15, -0.1) is 0 Å². The van der Waals surface area contributed by atoms with E-state index in [-0.39, 0.29) is 23.3 Å². The Bertz CT molecular complexity index is 416. The zero-order valence-corrected chi connectivity index (χ0v) is 10.0. The first-order valence-corrected chi connectivity index (χ1v) is 5.93. The van der Waals surface area contributed by atoms with Crippen molar-refractivity contribution in [2.75, 3.05) is 13.2 Å². The summed E-state index contributed by atoms with van der Waals surface area (Å²) < 4.78 is 5.39. The van der Waals surface area contributed by atoms with Crippen molar-refractivity contribution in [2.45, 2.75) is 18.9 Å². The number of ether oxygens (including phenoxy) is 1. The molecule has 0 aromatic heterocycles. The van der Waals surface area contributed by atoms with Crippen LogP contribution in [0.25, 0.3) is 0 Å². The van der Waals surface area contributed by atoms with Gasteiger partial charge >= 0.3 is 0 Å². The van der Waals surface area contributed by atoms with E-state index < -0.39 is 0 Å². The van der Waals surface area contributed by atoms with E-state index in [1.807, 2.05) is 0 Å². The predicted molar refractivity (Wildman–Crippen MR) is 64.4 cm³/mol. The van der Waals surface area contributed by atoms with E-state index in [1.54, 1.807) is 6.07 Å². The van der Waals surface area contributed by atoms with Crippen LogP contribution in [0.15, 0.2) is 18.2 Å². The number of carbonyl (C=O) groups is 1. The lowest BCUT2D eigenvalue weighted by Gasteiger charge is -2.11. The Balaban J connectivity index is 1.94. The number of phenolic OH excluding ortho intramolecular Hbond substituents is 1. The summed E-state index contributed by atoms with van der Waals surface area (Å²) in [6.45, 7) is 1.23. The lowest BCUT2D eigenvalue weighted by molar-refractivity contribution is 0.0855. The first-order chi connectivity index (χ1) is 8.16. The first-order valence-electron chi connectivity index (χ1n) is 5.55. The maximum Gasteiger partial charge on any atom is 0.255 e. The molecule has 0 bridgehead atoms. The summed E-state index contributed by atoms with van der Waals surface area (Å²) >= 11 is 5.69. The monoisotopic (exact) mass is 255 g/mol. The van der Waals surface area contributed by atoms with Crippen molar-refractivity contribution < 1.29 is 14.6 Å². The van der Waals surface area contributed by atoms with E-state index >= 15 is 0 Å². The highest BCUT2D eigenvalue weighted by molar-refractivity contribution is 6.30. The maximum atomic E-state index is 11.8. The third kappa shape index (κ3) is 3.11. The Morgan fingerprint density at radius 3 is 3.06 bits per heavy atom. The van der Waals surface area contributed by atoms with Crippen LogP contribution < -0.4 is 5.32 Å². The molecule has 5 heteroatoms. The van der Waals surface area contributed by atoms with Gasteiger partial charge in [0.1, 0.15) is 5.75 Å². The van der Waals surface area contributed by atoms with E-state index in [9.17, 15) is 9.90 Å². The Morgan fingerprint density at radius 1 is 1.59 bits per heavy atom. The molecule has 92 valence electrons. The van der Waals surface area contributed by atoms with Crippen LogP contribution in [0.3, 0.4) is 0 Å². The van der Waals surface area contributed by atoms with Crippen LogP contribution in [0, 0.1) is 0 Å². The fraction of sp³-hybridized carbons (Fsp3) is 0.417. The molecule has 0 radical (unpaired) electrons. The maximum absolute atomic E-state index is 11.8. The lowest BCUT2D eigenvalue weighted by Crippen LogP contribution is -2.31. The number of benzene rings is 1. The summed E-state index contributed by atoms with van der Waals surface area (Å²) in [7, 11) is 0. The molecular weight excluding hydrogens is 242 g/mol. The Hall–Kier alpha value is -1.26. The van der Waals surface area contributed by atoms with Crippen molar-refractivity contribution in [2.24, 2.45) is 0 Å². The van der Waals surface area contributed by atoms with Crippen molar-refractivity contribution in [1.82, 2.24) is 5.32 Å². The van der Waals surface area contributed by atoms with Crippen molar-refractivity contribution >= 4 is 17.5 Å². The second-order valence-corrected chi connectivity index (χ2v) is 4.44. The normalized spacial score (nSPS) is 19.2. The number of hydrogen-bond donors (Lipinski definition) is 2. The number of amides is 1. The molecule has 4 nitrogen and oxygen atoms in total. The molecule has 1 atom stereocenters. The summed E-state index contributed by atoms with van der Waals surface area (Å²) in [6, 6.07) is 4.42. The zero-order valence-electron chi connectivity index (χ0n) is 9.28. The van der Waals surface area contributed by atoms with Gasteiger partial charge in [-0.05, 0) is 31.0 Å². The SMILES string of the molecule is O=C(NCC1CCCO1)c1ccc(Cl)cc1O. The van der Waals surface area contributed by atoms with Gasteiger partial charge in [0.15, 0.2) is 0 Å². The minimum atomic E-state index is -0.310. The fourth-order valence-corrected chi connectivity index (χ4v) is 1.97. The molecule has 1 amide bonds. The topological polar surface area (TPSA) is 58.6 Å². The summed E-state index contributed by atoms with van der Waals surface area (Å²) in [6.07, 6.45) is 2.09. The number of phenols is 1. The van der Waals surface area contributed by atoms with E-state index in [2.05, 4.69) is 5.32 Å². The predicted octanol–water partition coefficient (Wildman–Crippen LogP) is 1.95. The molecule has 1 aromatic carbocycles. The zero-order chi connectivity index (χ0) is 12.3. The summed E-state index contributed by atoms with van der Waals surface area (Å²) in [4.78, 5) is 11.8. The van der Waals surface area contributed by atoms with Gasteiger partial charge in [-0.25, -0.2) is 0 Å². The van der Waals surface area contributed by atoms with Crippen LogP contribution in [-0.4, -0.2) is 30.3 Å². The number of hydrogen-bond acceptors (Lipinski definition) is 3. The second kappa shape index (κ2) is 5.38. The average molecular weight is 256 g/mol. The molecule has 1 aliphatic heterocycles. The van der Waals surface area contributed by atoms with Crippen molar-refractivity contribution in [1.29, 1.82) is 0 Å². The van der Waals surface area contributed by atoms with Gasteiger partial charge in [-0.2, -0.15) is 0 Å².